The highest BCUT2D eigenvalue weighted by Gasteiger charge is 2.43. The molecule has 1 aromatic carbocycles. The zero-order chi connectivity index (χ0) is 27.1. The minimum Gasteiger partial charge on any atom is -0.444 e. The van der Waals surface area contributed by atoms with Crippen molar-refractivity contribution in [1.82, 2.24) is 15.5 Å². The highest BCUT2D eigenvalue weighted by atomic mass is 16.6. The second-order valence-electron chi connectivity index (χ2n) is 11.7. The van der Waals surface area contributed by atoms with Gasteiger partial charge in [0, 0.05) is 12.1 Å². The maximum absolute atomic E-state index is 14.1. The van der Waals surface area contributed by atoms with E-state index in [0.717, 1.165) is 29.5 Å². The van der Waals surface area contributed by atoms with Gasteiger partial charge in [-0.05, 0) is 78.9 Å². The van der Waals surface area contributed by atoms with E-state index in [1.165, 1.54) is 0 Å². The van der Waals surface area contributed by atoms with Crippen LogP contribution in [-0.4, -0.2) is 46.5 Å². The molecule has 35 heavy (non-hydrogen) atoms. The molecule has 2 unspecified atom stereocenters. The standard InChI is InChI=1S/C28H47N3O4/c1-12-13-16-29-24(32)23(21-15-14-19(4)17-20(21)5)31(27(6,7)8)25(33)22(18(2)3)30-26(34)35-28(9,10)11/h14-15,17-18,22-23H,12-13,16H2,1-11H3,(H,29,32)(H,30,34). The van der Waals surface area contributed by atoms with E-state index in [9.17, 15) is 14.4 Å². The predicted molar refractivity (Wildman–Crippen MR) is 141 cm³/mol. The van der Waals surface area contributed by atoms with Crippen LogP contribution in [0.5, 0.6) is 0 Å². The van der Waals surface area contributed by atoms with Crippen LogP contribution in [0.15, 0.2) is 18.2 Å². The van der Waals surface area contributed by atoms with Crippen LogP contribution in [-0.2, 0) is 14.3 Å². The van der Waals surface area contributed by atoms with Gasteiger partial charge in [0.05, 0.1) is 0 Å². The average Bonchev–Trinajstić information content (AvgIpc) is 2.68. The van der Waals surface area contributed by atoms with E-state index in [1.54, 1.807) is 25.7 Å². The van der Waals surface area contributed by atoms with Crippen molar-refractivity contribution >= 4 is 17.9 Å². The number of nitrogens with one attached hydrogen (secondary N) is 2. The maximum Gasteiger partial charge on any atom is 0.408 e. The number of hydrogen-bond donors (Lipinski definition) is 2. The third-order valence-electron chi connectivity index (χ3n) is 5.62. The molecule has 0 aliphatic heterocycles. The van der Waals surface area contributed by atoms with Gasteiger partial charge in [-0.2, -0.15) is 0 Å². The highest BCUT2D eigenvalue weighted by Crippen LogP contribution is 2.33. The molecule has 2 atom stereocenters. The Hall–Kier alpha value is -2.57. The first-order valence-corrected chi connectivity index (χ1v) is 12.7. The predicted octanol–water partition coefficient (Wildman–Crippen LogP) is 5.44. The van der Waals surface area contributed by atoms with Crippen molar-refractivity contribution in [1.29, 1.82) is 0 Å². The van der Waals surface area contributed by atoms with E-state index in [1.807, 2.05) is 66.7 Å². The molecule has 0 fully saturated rings. The third-order valence-corrected chi connectivity index (χ3v) is 5.62. The summed E-state index contributed by atoms with van der Waals surface area (Å²) in [7, 11) is 0. The SMILES string of the molecule is CCCCNC(=O)C(c1ccc(C)cc1C)N(C(=O)C(NC(=O)OC(C)(C)C)C(C)C)C(C)(C)C. The van der Waals surface area contributed by atoms with Crippen molar-refractivity contribution in [3.63, 3.8) is 0 Å². The van der Waals surface area contributed by atoms with Gasteiger partial charge in [0.25, 0.3) is 0 Å². The van der Waals surface area contributed by atoms with Gasteiger partial charge in [0.1, 0.15) is 17.7 Å². The third kappa shape index (κ3) is 9.19. The fourth-order valence-electron chi connectivity index (χ4n) is 3.96. The van der Waals surface area contributed by atoms with Gasteiger partial charge >= 0.3 is 6.09 Å². The molecule has 0 spiro atoms. The molecule has 3 amide bonds. The minimum atomic E-state index is -0.860. The van der Waals surface area contributed by atoms with Gasteiger partial charge in [-0.3, -0.25) is 9.59 Å². The topological polar surface area (TPSA) is 87.7 Å². The molecular formula is C28H47N3O4. The Balaban J connectivity index is 3.56. The molecular weight excluding hydrogens is 442 g/mol. The summed E-state index contributed by atoms with van der Waals surface area (Å²) < 4.78 is 5.42. The van der Waals surface area contributed by atoms with Crippen LogP contribution in [0.1, 0.15) is 97.9 Å². The second kappa shape index (κ2) is 12.4. The van der Waals surface area contributed by atoms with Crippen molar-refractivity contribution in [2.24, 2.45) is 5.92 Å². The summed E-state index contributed by atoms with van der Waals surface area (Å²) in [5.74, 6) is -0.773. The first kappa shape index (κ1) is 30.5. The molecule has 0 aromatic heterocycles. The van der Waals surface area contributed by atoms with Gasteiger partial charge in [0.2, 0.25) is 11.8 Å². The Kier molecular flexibility index (Phi) is 10.8. The summed E-state index contributed by atoms with van der Waals surface area (Å²) in [5, 5.41) is 5.79. The molecule has 1 rings (SSSR count). The van der Waals surface area contributed by atoms with Gasteiger partial charge in [-0.15, -0.1) is 0 Å². The number of rotatable bonds is 9. The summed E-state index contributed by atoms with van der Waals surface area (Å²) in [6.07, 6.45) is 1.14. The smallest absolute Gasteiger partial charge is 0.408 e. The molecule has 0 aliphatic carbocycles. The number of alkyl carbamates (subject to hydrolysis) is 1. The van der Waals surface area contributed by atoms with Crippen molar-refractivity contribution in [3.8, 4) is 0 Å². The first-order chi connectivity index (χ1) is 16.0. The van der Waals surface area contributed by atoms with Crippen LogP contribution >= 0.6 is 0 Å². The minimum absolute atomic E-state index is 0.220. The number of aryl methyl sites for hydroxylation is 2. The largest absolute Gasteiger partial charge is 0.444 e. The lowest BCUT2D eigenvalue weighted by Crippen LogP contribution is -2.60. The molecule has 0 heterocycles. The van der Waals surface area contributed by atoms with Gasteiger partial charge in [0.15, 0.2) is 0 Å². The van der Waals surface area contributed by atoms with Crippen molar-refractivity contribution < 1.29 is 19.1 Å². The van der Waals surface area contributed by atoms with Crippen LogP contribution in [0.4, 0.5) is 4.79 Å². The van der Waals surface area contributed by atoms with Gasteiger partial charge in [-0.1, -0.05) is 51.0 Å². The van der Waals surface area contributed by atoms with E-state index in [0.29, 0.717) is 6.54 Å². The number of benzene rings is 1. The quantitative estimate of drug-likeness (QED) is 0.452. The van der Waals surface area contributed by atoms with Crippen molar-refractivity contribution in [2.75, 3.05) is 6.54 Å². The Morgan fingerprint density at radius 2 is 1.63 bits per heavy atom. The number of hydrogen-bond acceptors (Lipinski definition) is 4. The lowest BCUT2D eigenvalue weighted by molar-refractivity contribution is -0.149. The number of ether oxygens (including phenoxy) is 1. The van der Waals surface area contributed by atoms with E-state index in [-0.39, 0.29) is 17.7 Å². The van der Waals surface area contributed by atoms with Gasteiger partial charge in [-0.25, -0.2) is 4.79 Å². The molecule has 0 saturated carbocycles. The second-order valence-corrected chi connectivity index (χ2v) is 11.7. The summed E-state index contributed by atoms with van der Waals surface area (Å²) in [4.78, 5) is 42.0. The Bertz CT molecular complexity index is 881. The number of unbranched alkanes of at least 4 members (excludes halogenated alkanes) is 1. The average molecular weight is 490 g/mol. The molecule has 0 radical (unpaired) electrons. The lowest BCUT2D eigenvalue weighted by atomic mass is 9.91. The van der Waals surface area contributed by atoms with Crippen molar-refractivity contribution in [2.45, 2.75) is 112 Å². The molecule has 7 heteroatoms. The van der Waals surface area contributed by atoms with E-state index in [2.05, 4.69) is 17.6 Å². The summed E-state index contributed by atoms with van der Waals surface area (Å²) in [6.45, 7) is 21.3. The van der Waals surface area contributed by atoms with Crippen LogP contribution in [0.25, 0.3) is 0 Å². The molecule has 198 valence electrons. The number of amides is 3. The molecule has 0 bridgehead atoms. The molecule has 2 N–H and O–H groups in total. The van der Waals surface area contributed by atoms with Crippen LogP contribution in [0, 0.1) is 19.8 Å². The summed E-state index contributed by atoms with van der Waals surface area (Å²) in [5.41, 5.74) is 1.39. The lowest BCUT2D eigenvalue weighted by Gasteiger charge is -2.44. The Labute approximate surface area is 212 Å². The fraction of sp³-hybridized carbons (Fsp3) is 0.679. The van der Waals surface area contributed by atoms with E-state index >= 15 is 0 Å². The first-order valence-electron chi connectivity index (χ1n) is 12.7. The Morgan fingerprint density at radius 3 is 2.09 bits per heavy atom. The maximum atomic E-state index is 14.1. The molecule has 0 aliphatic rings. The van der Waals surface area contributed by atoms with Crippen LogP contribution in [0.3, 0.4) is 0 Å². The summed E-state index contributed by atoms with van der Waals surface area (Å²) >= 11 is 0. The van der Waals surface area contributed by atoms with Crippen molar-refractivity contribution in [3.05, 3.63) is 34.9 Å². The molecule has 1 aromatic rings. The molecule has 0 saturated heterocycles. The normalized spacial score (nSPS) is 13.7. The zero-order valence-corrected chi connectivity index (χ0v) is 23.7. The van der Waals surface area contributed by atoms with Gasteiger partial charge < -0.3 is 20.3 Å². The number of nitrogens with zero attached hydrogens (tertiary/aromatic N) is 1. The fourth-order valence-corrected chi connectivity index (χ4v) is 3.96. The number of carbonyl (C=O) groups is 3. The summed E-state index contributed by atoms with van der Waals surface area (Å²) in [6, 6.07) is 4.19. The highest BCUT2D eigenvalue weighted by molar-refractivity contribution is 5.93. The van der Waals surface area contributed by atoms with E-state index < -0.39 is 29.3 Å². The van der Waals surface area contributed by atoms with Crippen LogP contribution < -0.4 is 10.6 Å². The van der Waals surface area contributed by atoms with E-state index in [4.69, 9.17) is 4.74 Å². The monoisotopic (exact) mass is 489 g/mol. The van der Waals surface area contributed by atoms with Crippen LogP contribution in [0.2, 0.25) is 0 Å². The zero-order valence-electron chi connectivity index (χ0n) is 23.7. The Morgan fingerprint density at radius 1 is 1.03 bits per heavy atom. The number of carbonyl (C=O) groups excluding carboxylic acids is 3. The molecule has 7 nitrogen and oxygen atoms in total.